The van der Waals surface area contributed by atoms with Gasteiger partial charge in [0.1, 0.15) is 5.54 Å². The quantitative estimate of drug-likeness (QED) is 0.471. The van der Waals surface area contributed by atoms with Gasteiger partial charge in [-0.25, -0.2) is 0 Å². The van der Waals surface area contributed by atoms with E-state index in [1.54, 1.807) is 7.11 Å². The predicted octanol–water partition coefficient (Wildman–Crippen LogP) is 2.51. The van der Waals surface area contributed by atoms with Crippen LogP contribution in [0.15, 0.2) is 0 Å². The molecule has 0 aromatic carbocycles. The zero-order chi connectivity index (χ0) is 15.8. The van der Waals surface area contributed by atoms with Gasteiger partial charge in [0, 0.05) is 26.9 Å². The van der Waals surface area contributed by atoms with E-state index in [9.17, 15) is 5.26 Å². The van der Waals surface area contributed by atoms with Gasteiger partial charge < -0.3 is 14.2 Å². The van der Waals surface area contributed by atoms with E-state index < -0.39 is 0 Å². The molecule has 0 aliphatic rings. The van der Waals surface area contributed by atoms with Crippen LogP contribution in [0.4, 0.5) is 0 Å². The first-order valence-electron chi connectivity index (χ1n) is 8.05. The summed E-state index contributed by atoms with van der Waals surface area (Å²) in [6.45, 7) is 8.46. The highest BCUT2D eigenvalue weighted by molar-refractivity contribution is 5.06. The number of hydrogen-bond acceptors (Lipinski definition) is 5. The molecule has 0 saturated carbocycles. The Labute approximate surface area is 129 Å². The predicted molar refractivity (Wildman–Crippen MR) is 84.3 cm³/mol. The third-order valence-electron chi connectivity index (χ3n) is 3.43. The van der Waals surface area contributed by atoms with Gasteiger partial charge in [-0.2, -0.15) is 5.26 Å². The summed E-state index contributed by atoms with van der Waals surface area (Å²) in [5, 5.41) is 12.7. The molecule has 5 heteroatoms. The standard InChI is InChI=1S/C16H32N2O3/c1-4-9-18-16(5-2,15-17)8-6-10-20-11-7-12-21-14-13-19-3/h18H,4-14H2,1-3H3. The van der Waals surface area contributed by atoms with E-state index in [0.717, 1.165) is 38.6 Å². The fraction of sp³-hybridized carbons (Fsp3) is 0.938. The van der Waals surface area contributed by atoms with Crippen LogP contribution in [0, 0.1) is 11.3 Å². The number of ether oxygens (including phenoxy) is 3. The van der Waals surface area contributed by atoms with E-state index in [0.29, 0.717) is 33.0 Å². The molecule has 0 saturated heterocycles. The Balaban J connectivity index is 3.56. The van der Waals surface area contributed by atoms with E-state index in [2.05, 4.69) is 25.2 Å². The second-order valence-corrected chi connectivity index (χ2v) is 5.15. The number of nitrogens with one attached hydrogen (secondary N) is 1. The van der Waals surface area contributed by atoms with E-state index in [1.165, 1.54) is 0 Å². The number of nitrogens with zero attached hydrogens (tertiary/aromatic N) is 1. The average Bonchev–Trinajstić information content (AvgIpc) is 2.52. The lowest BCUT2D eigenvalue weighted by Gasteiger charge is -2.26. The molecule has 0 heterocycles. The van der Waals surface area contributed by atoms with Gasteiger partial charge >= 0.3 is 0 Å². The average molecular weight is 300 g/mol. The highest BCUT2D eigenvalue weighted by Crippen LogP contribution is 2.16. The van der Waals surface area contributed by atoms with Gasteiger partial charge in [-0.15, -0.1) is 0 Å². The maximum atomic E-state index is 9.37. The summed E-state index contributed by atoms with van der Waals surface area (Å²) < 4.78 is 15.8. The molecular formula is C16H32N2O3. The largest absolute Gasteiger partial charge is 0.382 e. The van der Waals surface area contributed by atoms with Crippen LogP contribution in [0.2, 0.25) is 0 Å². The lowest BCUT2D eigenvalue weighted by molar-refractivity contribution is 0.0502. The highest BCUT2D eigenvalue weighted by atomic mass is 16.5. The van der Waals surface area contributed by atoms with Crippen LogP contribution < -0.4 is 5.32 Å². The van der Waals surface area contributed by atoms with Crippen LogP contribution in [-0.2, 0) is 14.2 Å². The van der Waals surface area contributed by atoms with Crippen molar-refractivity contribution in [2.24, 2.45) is 0 Å². The Kier molecular flexibility index (Phi) is 13.8. The van der Waals surface area contributed by atoms with Gasteiger partial charge in [0.2, 0.25) is 0 Å². The first-order valence-corrected chi connectivity index (χ1v) is 8.05. The fourth-order valence-electron chi connectivity index (χ4n) is 2.01. The van der Waals surface area contributed by atoms with Gasteiger partial charge in [-0.1, -0.05) is 13.8 Å². The number of hydrogen-bond donors (Lipinski definition) is 1. The molecule has 124 valence electrons. The normalized spacial score (nSPS) is 13.8. The van der Waals surface area contributed by atoms with Crippen LogP contribution in [0.1, 0.15) is 46.0 Å². The molecule has 1 atom stereocenters. The van der Waals surface area contributed by atoms with Crippen molar-refractivity contribution in [2.75, 3.05) is 46.7 Å². The van der Waals surface area contributed by atoms with Gasteiger partial charge in [0.25, 0.3) is 0 Å². The summed E-state index contributed by atoms with van der Waals surface area (Å²) in [5.74, 6) is 0. The molecule has 0 fully saturated rings. The second-order valence-electron chi connectivity index (χ2n) is 5.15. The van der Waals surface area contributed by atoms with E-state index in [-0.39, 0.29) is 5.54 Å². The molecule has 0 aromatic heterocycles. The second kappa shape index (κ2) is 14.3. The van der Waals surface area contributed by atoms with E-state index >= 15 is 0 Å². The van der Waals surface area contributed by atoms with Crippen molar-refractivity contribution < 1.29 is 14.2 Å². The Hall–Kier alpha value is -0.670. The van der Waals surface area contributed by atoms with Crippen molar-refractivity contribution >= 4 is 0 Å². The molecule has 0 radical (unpaired) electrons. The third-order valence-corrected chi connectivity index (χ3v) is 3.43. The summed E-state index contributed by atoms with van der Waals surface area (Å²) in [4.78, 5) is 0. The Bertz CT molecular complexity index is 269. The summed E-state index contributed by atoms with van der Waals surface area (Å²) in [5.41, 5.74) is -0.386. The minimum absolute atomic E-state index is 0.386. The van der Waals surface area contributed by atoms with Crippen LogP contribution in [0.25, 0.3) is 0 Å². The monoisotopic (exact) mass is 300 g/mol. The molecule has 21 heavy (non-hydrogen) atoms. The maximum absolute atomic E-state index is 9.37. The van der Waals surface area contributed by atoms with Crippen molar-refractivity contribution in [1.29, 1.82) is 5.26 Å². The molecule has 0 spiro atoms. The van der Waals surface area contributed by atoms with Crippen LogP contribution in [-0.4, -0.2) is 52.2 Å². The Morgan fingerprint density at radius 2 is 1.67 bits per heavy atom. The zero-order valence-electron chi connectivity index (χ0n) is 14.0. The summed E-state index contributed by atoms with van der Waals surface area (Å²) in [6.07, 6.45) is 4.52. The first kappa shape index (κ1) is 20.3. The maximum Gasteiger partial charge on any atom is 0.106 e. The molecule has 0 aliphatic carbocycles. The fourth-order valence-corrected chi connectivity index (χ4v) is 2.01. The van der Waals surface area contributed by atoms with Crippen molar-refractivity contribution in [1.82, 2.24) is 5.32 Å². The molecule has 0 amide bonds. The molecule has 1 unspecified atom stereocenters. The summed E-state index contributed by atoms with van der Waals surface area (Å²) >= 11 is 0. The number of nitriles is 1. The number of methoxy groups -OCH3 is 1. The van der Waals surface area contributed by atoms with Gasteiger partial charge in [-0.05, 0) is 38.6 Å². The van der Waals surface area contributed by atoms with E-state index in [1.807, 2.05) is 0 Å². The summed E-state index contributed by atoms with van der Waals surface area (Å²) in [7, 11) is 1.67. The third kappa shape index (κ3) is 10.7. The first-order chi connectivity index (χ1) is 10.2. The molecular weight excluding hydrogens is 268 g/mol. The molecule has 0 aromatic rings. The van der Waals surface area contributed by atoms with Crippen LogP contribution >= 0.6 is 0 Å². The van der Waals surface area contributed by atoms with Gasteiger partial charge in [0.15, 0.2) is 0 Å². The smallest absolute Gasteiger partial charge is 0.106 e. The topological polar surface area (TPSA) is 63.5 Å². The van der Waals surface area contributed by atoms with Crippen molar-refractivity contribution in [3.8, 4) is 6.07 Å². The molecule has 0 aliphatic heterocycles. The van der Waals surface area contributed by atoms with Crippen molar-refractivity contribution in [3.63, 3.8) is 0 Å². The Morgan fingerprint density at radius 1 is 1.00 bits per heavy atom. The SMILES string of the molecule is CCCNC(C#N)(CC)CCCOCCCOCCOC. The van der Waals surface area contributed by atoms with Gasteiger partial charge in [-0.3, -0.25) is 5.32 Å². The van der Waals surface area contributed by atoms with E-state index in [4.69, 9.17) is 14.2 Å². The zero-order valence-corrected chi connectivity index (χ0v) is 14.0. The highest BCUT2D eigenvalue weighted by Gasteiger charge is 2.25. The lowest BCUT2D eigenvalue weighted by Crippen LogP contribution is -2.44. The lowest BCUT2D eigenvalue weighted by atomic mass is 9.92. The van der Waals surface area contributed by atoms with Crippen LogP contribution in [0.3, 0.4) is 0 Å². The number of rotatable bonds is 15. The van der Waals surface area contributed by atoms with Crippen molar-refractivity contribution in [2.45, 2.75) is 51.5 Å². The van der Waals surface area contributed by atoms with Crippen molar-refractivity contribution in [3.05, 3.63) is 0 Å². The minimum Gasteiger partial charge on any atom is -0.382 e. The van der Waals surface area contributed by atoms with Gasteiger partial charge in [0.05, 0.1) is 19.3 Å². The molecule has 0 bridgehead atoms. The molecule has 1 N–H and O–H groups in total. The van der Waals surface area contributed by atoms with Crippen LogP contribution in [0.5, 0.6) is 0 Å². The summed E-state index contributed by atoms with van der Waals surface area (Å²) in [6, 6.07) is 2.43. The Morgan fingerprint density at radius 3 is 2.24 bits per heavy atom. The molecule has 0 rings (SSSR count). The molecule has 5 nitrogen and oxygen atoms in total. The minimum atomic E-state index is -0.386.